The summed E-state index contributed by atoms with van der Waals surface area (Å²) in [5, 5.41) is 31.2. The predicted molar refractivity (Wildman–Crippen MR) is 89.3 cm³/mol. The number of nitrogens with zero attached hydrogens (tertiary/aromatic N) is 2. The molecule has 1 saturated heterocycles. The molecule has 2 rings (SSSR count). The van der Waals surface area contributed by atoms with E-state index in [4.69, 9.17) is 17.3 Å². The maximum absolute atomic E-state index is 12.3. The van der Waals surface area contributed by atoms with Gasteiger partial charge in [-0.3, -0.25) is 24.6 Å². The Kier molecular flexibility index (Phi) is 5.52. The average Bonchev–Trinajstić information content (AvgIpc) is 2.76. The first-order valence-corrected chi connectivity index (χ1v) is 7.94. The molecule has 1 aliphatic heterocycles. The van der Waals surface area contributed by atoms with Crippen molar-refractivity contribution < 1.29 is 24.7 Å². The number of hydrogen-bond acceptors (Lipinski definition) is 7. The van der Waals surface area contributed by atoms with Crippen molar-refractivity contribution in [2.45, 2.75) is 12.8 Å². The van der Waals surface area contributed by atoms with Gasteiger partial charge in [0.25, 0.3) is 11.6 Å². The lowest BCUT2D eigenvalue weighted by atomic mass is 10.1. The van der Waals surface area contributed by atoms with Crippen LogP contribution in [0.1, 0.15) is 18.4 Å². The Morgan fingerprint density at radius 1 is 1.46 bits per heavy atom. The van der Waals surface area contributed by atoms with Crippen molar-refractivity contribution in [3.05, 3.63) is 38.8 Å². The molecule has 0 aromatic heterocycles. The lowest BCUT2D eigenvalue weighted by Crippen LogP contribution is -2.29. The van der Waals surface area contributed by atoms with E-state index in [9.17, 15) is 24.8 Å². The molecule has 0 spiro atoms. The molecule has 1 aromatic carbocycles. The average molecular weight is 367 g/mol. The quantitative estimate of drug-likeness (QED) is 0.349. The molecule has 1 fully saturated rings. The third kappa shape index (κ3) is 4.09. The number of rotatable bonds is 6. The number of hydrogen-bond donors (Lipinski definition) is 1. The van der Waals surface area contributed by atoms with Gasteiger partial charge in [0.05, 0.1) is 9.83 Å². The Bertz CT molecular complexity index is 762. The number of amides is 1. The zero-order valence-corrected chi connectivity index (χ0v) is 13.8. The monoisotopic (exact) mass is 367 g/mol. The maximum Gasteiger partial charge on any atom is 0.303 e. The molecule has 1 N–H and O–H groups in total. The molecular weight excluding hydrogens is 356 g/mol. The Hall–Kier alpha value is -2.46. The van der Waals surface area contributed by atoms with E-state index in [1.807, 2.05) is 0 Å². The fraction of sp³-hybridized carbons (Fsp3) is 0.214. The van der Waals surface area contributed by atoms with E-state index in [-0.39, 0.29) is 39.9 Å². The van der Waals surface area contributed by atoms with Crippen LogP contribution in [0, 0.1) is 10.1 Å². The Labute approximate surface area is 145 Å². The number of carboxylic acids is 1. The third-order valence-corrected chi connectivity index (χ3v) is 4.51. The summed E-state index contributed by atoms with van der Waals surface area (Å²) < 4.78 is 0.259. The first-order chi connectivity index (χ1) is 11.3. The normalized spacial score (nSPS) is 16.0. The second-order valence-electron chi connectivity index (χ2n) is 4.81. The van der Waals surface area contributed by atoms with Crippen LogP contribution in [0.2, 0.25) is 0 Å². The molecule has 0 bridgehead atoms. The highest BCUT2D eigenvalue weighted by molar-refractivity contribution is 8.26. The summed E-state index contributed by atoms with van der Waals surface area (Å²) in [6, 6.07) is 3.26. The molecule has 10 heteroatoms. The van der Waals surface area contributed by atoms with Crippen molar-refractivity contribution in [2.24, 2.45) is 0 Å². The molecule has 0 radical (unpaired) electrons. The van der Waals surface area contributed by atoms with Gasteiger partial charge in [-0.1, -0.05) is 30.0 Å². The van der Waals surface area contributed by atoms with E-state index in [1.165, 1.54) is 11.0 Å². The Balaban J connectivity index is 2.21. The zero-order chi connectivity index (χ0) is 17.9. The molecule has 0 aliphatic carbocycles. The third-order valence-electron chi connectivity index (χ3n) is 3.14. The van der Waals surface area contributed by atoms with E-state index in [0.717, 1.165) is 30.0 Å². The van der Waals surface area contributed by atoms with E-state index < -0.39 is 22.5 Å². The molecule has 126 valence electrons. The lowest BCUT2D eigenvalue weighted by molar-refractivity contribution is -0.385. The SMILES string of the molecule is O=C(O)CCCN1C(=O)/C(=C/c2cc([N+](=O)[O-])ccc2[O-])SC1=S. The van der Waals surface area contributed by atoms with Crippen molar-refractivity contribution in [2.75, 3.05) is 6.54 Å². The van der Waals surface area contributed by atoms with Crippen molar-refractivity contribution in [3.63, 3.8) is 0 Å². The number of thioether (sulfide) groups is 1. The second kappa shape index (κ2) is 7.41. The molecular formula is C14H11N2O6S2-. The maximum atomic E-state index is 12.3. The Morgan fingerprint density at radius 3 is 2.79 bits per heavy atom. The summed E-state index contributed by atoms with van der Waals surface area (Å²) >= 11 is 6.05. The number of carbonyl (C=O) groups is 2. The van der Waals surface area contributed by atoms with E-state index in [0.29, 0.717) is 0 Å². The molecule has 8 nitrogen and oxygen atoms in total. The number of benzene rings is 1. The zero-order valence-electron chi connectivity index (χ0n) is 12.1. The predicted octanol–water partition coefficient (Wildman–Crippen LogP) is 1.73. The van der Waals surface area contributed by atoms with Crippen LogP contribution >= 0.6 is 24.0 Å². The summed E-state index contributed by atoms with van der Waals surface area (Å²) in [5.74, 6) is -1.86. The topological polar surface area (TPSA) is 124 Å². The number of thiocarbonyl (C=S) groups is 1. The van der Waals surface area contributed by atoms with Gasteiger partial charge in [-0.25, -0.2) is 0 Å². The minimum atomic E-state index is -0.969. The van der Waals surface area contributed by atoms with E-state index in [1.54, 1.807) is 0 Å². The van der Waals surface area contributed by atoms with Gasteiger partial charge in [-0.2, -0.15) is 0 Å². The molecule has 24 heavy (non-hydrogen) atoms. The lowest BCUT2D eigenvalue weighted by Gasteiger charge is -2.13. The first-order valence-electron chi connectivity index (χ1n) is 6.72. The number of nitro benzene ring substituents is 1. The summed E-state index contributed by atoms with van der Waals surface area (Å²) in [7, 11) is 0. The number of carboxylic acid groups (broad SMARTS) is 1. The highest BCUT2D eigenvalue weighted by Crippen LogP contribution is 2.34. The van der Waals surface area contributed by atoms with Crippen LogP contribution in [-0.4, -0.2) is 37.7 Å². The number of carbonyl (C=O) groups excluding carboxylic acids is 1. The van der Waals surface area contributed by atoms with Crippen molar-refractivity contribution >= 4 is 51.9 Å². The van der Waals surface area contributed by atoms with Gasteiger partial charge in [-0.15, -0.1) is 5.75 Å². The van der Waals surface area contributed by atoms with Crippen molar-refractivity contribution in [3.8, 4) is 5.75 Å². The fourth-order valence-electron chi connectivity index (χ4n) is 1.98. The smallest absolute Gasteiger partial charge is 0.303 e. The second-order valence-corrected chi connectivity index (χ2v) is 6.49. The molecule has 1 heterocycles. The van der Waals surface area contributed by atoms with Crippen LogP contribution in [-0.2, 0) is 9.59 Å². The fourth-order valence-corrected chi connectivity index (χ4v) is 3.28. The highest BCUT2D eigenvalue weighted by atomic mass is 32.2. The molecule has 0 atom stereocenters. The minimum absolute atomic E-state index is 0.0234. The van der Waals surface area contributed by atoms with E-state index >= 15 is 0 Å². The molecule has 1 amide bonds. The van der Waals surface area contributed by atoms with Gasteiger partial charge in [0.15, 0.2) is 0 Å². The molecule has 0 unspecified atom stereocenters. The Morgan fingerprint density at radius 2 is 2.17 bits per heavy atom. The molecule has 1 aliphatic rings. The van der Waals surface area contributed by atoms with Crippen LogP contribution in [0.4, 0.5) is 5.69 Å². The first kappa shape index (κ1) is 17.9. The van der Waals surface area contributed by atoms with Gasteiger partial charge >= 0.3 is 5.97 Å². The molecule has 1 aromatic rings. The summed E-state index contributed by atoms with van der Waals surface area (Å²) in [6.45, 7) is 0.160. The minimum Gasteiger partial charge on any atom is -0.872 e. The van der Waals surface area contributed by atoms with Crippen molar-refractivity contribution in [1.29, 1.82) is 0 Å². The summed E-state index contributed by atoms with van der Waals surface area (Å²) in [6.07, 6.45) is 1.43. The summed E-state index contributed by atoms with van der Waals surface area (Å²) in [4.78, 5) is 34.4. The number of aliphatic carboxylic acids is 1. The number of nitro groups is 1. The van der Waals surface area contributed by atoms with Gasteiger partial charge < -0.3 is 10.2 Å². The van der Waals surface area contributed by atoms with Crippen LogP contribution in [0.3, 0.4) is 0 Å². The van der Waals surface area contributed by atoms with E-state index in [2.05, 4.69) is 0 Å². The largest absolute Gasteiger partial charge is 0.872 e. The highest BCUT2D eigenvalue weighted by Gasteiger charge is 2.31. The van der Waals surface area contributed by atoms with Gasteiger partial charge in [-0.05, 0) is 18.1 Å². The van der Waals surface area contributed by atoms with Crippen LogP contribution < -0.4 is 5.11 Å². The van der Waals surface area contributed by atoms with Gasteiger partial charge in [0.2, 0.25) is 0 Å². The standard InChI is InChI=1S/C14H12N2O6S2/c17-10-4-3-9(16(21)22)6-8(10)7-11-13(20)15(14(23)24-11)5-1-2-12(18)19/h3-4,6-7,17H,1-2,5H2,(H,18,19)/p-1/b11-7-. The number of non-ortho nitro benzene ring substituents is 1. The molecule has 0 saturated carbocycles. The summed E-state index contributed by atoms with van der Waals surface area (Å²) in [5.41, 5.74) is -0.229. The van der Waals surface area contributed by atoms with Crippen LogP contribution in [0.5, 0.6) is 5.75 Å². The van der Waals surface area contributed by atoms with Gasteiger partial charge in [0, 0.05) is 25.1 Å². The van der Waals surface area contributed by atoms with Crippen molar-refractivity contribution in [1.82, 2.24) is 4.90 Å². The van der Waals surface area contributed by atoms with Crippen LogP contribution in [0.15, 0.2) is 23.1 Å². The van der Waals surface area contributed by atoms with Crippen LogP contribution in [0.25, 0.3) is 6.08 Å². The van der Waals surface area contributed by atoms with Gasteiger partial charge in [0.1, 0.15) is 4.32 Å².